The Morgan fingerprint density at radius 3 is 1.75 bits per heavy atom. The third kappa shape index (κ3) is 3.38. The maximum absolute atomic E-state index is 14.0. The van der Waals surface area contributed by atoms with Gasteiger partial charge in [0.05, 0.1) is 16.4 Å². The number of fused-ring (bicyclic) bond motifs is 8. The van der Waals surface area contributed by atoms with Gasteiger partial charge in [0, 0.05) is 33.5 Å². The van der Waals surface area contributed by atoms with Gasteiger partial charge in [0.2, 0.25) is 0 Å². The van der Waals surface area contributed by atoms with Crippen LogP contribution in [0.5, 0.6) is 0 Å². The van der Waals surface area contributed by atoms with E-state index < -0.39 is 0 Å². The average molecular weight is 665 g/mol. The van der Waals surface area contributed by atoms with E-state index in [1.807, 2.05) is 12.1 Å². The molecule has 3 aliphatic rings. The van der Waals surface area contributed by atoms with Gasteiger partial charge in [-0.3, -0.25) is 0 Å². The van der Waals surface area contributed by atoms with Crippen LogP contribution in [0.25, 0.3) is 60.9 Å². The molecule has 0 amide bonds. The Morgan fingerprint density at radius 2 is 0.981 bits per heavy atom. The van der Waals surface area contributed by atoms with Crippen molar-refractivity contribution in [2.75, 3.05) is 4.90 Å². The molecule has 12 rings (SSSR count). The fraction of sp³-hybridized carbons (Fsp3) is 0.0204. The molecule has 1 atom stereocenters. The molecule has 9 aromatic rings. The zero-order valence-corrected chi connectivity index (χ0v) is 28.0. The van der Waals surface area contributed by atoms with Gasteiger partial charge in [-0.15, -0.1) is 0 Å². The molecule has 0 bridgehead atoms. The minimum atomic E-state index is -0.352. The Labute approximate surface area is 300 Å². The van der Waals surface area contributed by atoms with E-state index in [1.54, 1.807) is 0 Å². The normalized spacial score (nSPS) is 15.5. The van der Waals surface area contributed by atoms with Crippen LogP contribution in [0, 0.1) is 5.82 Å². The summed E-state index contributed by atoms with van der Waals surface area (Å²) >= 11 is 0. The minimum Gasteiger partial charge on any atom is -0.310 e. The van der Waals surface area contributed by atoms with Gasteiger partial charge in [-0.05, 0) is 128 Å². The lowest BCUT2D eigenvalue weighted by Crippen LogP contribution is -2.23. The van der Waals surface area contributed by atoms with Gasteiger partial charge < -0.3 is 9.47 Å². The fourth-order valence-corrected chi connectivity index (χ4v) is 9.87. The van der Waals surface area contributed by atoms with E-state index in [0.29, 0.717) is 0 Å². The first-order chi connectivity index (χ1) is 25.7. The molecule has 1 heterocycles. The highest BCUT2D eigenvalue weighted by molar-refractivity contribution is 6.11. The van der Waals surface area contributed by atoms with Crippen molar-refractivity contribution < 1.29 is 4.39 Å². The summed E-state index contributed by atoms with van der Waals surface area (Å²) in [5.41, 5.74) is 19.6. The molecule has 8 aromatic carbocycles. The molecule has 0 aliphatic heterocycles. The summed E-state index contributed by atoms with van der Waals surface area (Å²) in [6, 6.07) is 62.6. The van der Waals surface area contributed by atoms with Crippen LogP contribution >= 0.6 is 0 Å². The van der Waals surface area contributed by atoms with Crippen LogP contribution in [0.15, 0.2) is 176 Å². The predicted molar refractivity (Wildman–Crippen MR) is 211 cm³/mol. The second-order valence-corrected chi connectivity index (χ2v) is 14.2. The Balaban J connectivity index is 1.12. The predicted octanol–water partition coefficient (Wildman–Crippen LogP) is 12.7. The van der Waals surface area contributed by atoms with Crippen LogP contribution in [-0.2, 0) is 5.41 Å². The molecule has 52 heavy (non-hydrogen) atoms. The lowest BCUT2D eigenvalue weighted by atomic mass is 9.73. The van der Waals surface area contributed by atoms with Gasteiger partial charge in [0.1, 0.15) is 5.82 Å². The Bertz CT molecular complexity index is 2940. The molecule has 0 saturated carbocycles. The highest BCUT2D eigenvalue weighted by Gasteiger charge is 2.57. The summed E-state index contributed by atoms with van der Waals surface area (Å²) in [6.07, 6.45) is 0. The topological polar surface area (TPSA) is 8.17 Å². The van der Waals surface area contributed by atoms with Gasteiger partial charge in [0.15, 0.2) is 0 Å². The maximum atomic E-state index is 14.0. The van der Waals surface area contributed by atoms with Crippen molar-refractivity contribution in [2.24, 2.45) is 0 Å². The van der Waals surface area contributed by atoms with Crippen molar-refractivity contribution in [1.29, 1.82) is 0 Å². The largest absolute Gasteiger partial charge is 0.310 e. The molecule has 3 heteroatoms. The number of benzene rings is 8. The molecule has 242 valence electrons. The highest BCUT2D eigenvalue weighted by atomic mass is 19.1. The van der Waals surface area contributed by atoms with E-state index in [9.17, 15) is 4.39 Å². The minimum absolute atomic E-state index is 0.239. The number of nitrogens with zero attached hydrogens (tertiary/aromatic N) is 2. The number of hydrogen-bond acceptors (Lipinski definition) is 1. The van der Waals surface area contributed by atoms with Crippen molar-refractivity contribution in [3.05, 3.63) is 204 Å². The van der Waals surface area contributed by atoms with Crippen LogP contribution in [0.2, 0.25) is 0 Å². The van der Waals surface area contributed by atoms with Crippen LogP contribution in [0.3, 0.4) is 0 Å². The van der Waals surface area contributed by atoms with Crippen LogP contribution in [-0.4, -0.2) is 4.57 Å². The molecule has 1 unspecified atom stereocenters. The summed E-state index contributed by atoms with van der Waals surface area (Å²) < 4.78 is 16.2. The number of aromatic nitrogens is 1. The maximum Gasteiger partial charge on any atom is 0.123 e. The first-order valence-electron chi connectivity index (χ1n) is 17.9. The van der Waals surface area contributed by atoms with Crippen LogP contribution < -0.4 is 4.90 Å². The standard InChI is InChI=1S/C49H29FN2/c50-30-20-22-32(23-21-30)52-45-19-7-5-13-37(45)42-28-33(25-27-46(42)52)51(31-10-2-1-3-11-31)34-24-26-36-39-15-9-17-41-40-16-8-14-38-35-12-4-6-18-43(35)49(47(38)40,48(39)41)44(36)29-34/h1-29H. The van der Waals surface area contributed by atoms with Gasteiger partial charge in [-0.2, -0.15) is 0 Å². The average Bonchev–Trinajstić information content (AvgIpc) is 3.89. The molecular weight excluding hydrogens is 636 g/mol. The number of rotatable bonds is 4. The third-order valence-corrected chi connectivity index (χ3v) is 11.8. The molecule has 0 radical (unpaired) electrons. The molecule has 0 N–H and O–H groups in total. The molecule has 1 aromatic heterocycles. The van der Waals surface area contributed by atoms with Crippen molar-refractivity contribution in [3.8, 4) is 39.1 Å². The van der Waals surface area contributed by atoms with Gasteiger partial charge in [-0.1, -0.05) is 103 Å². The molecule has 0 fully saturated rings. The summed E-state index contributed by atoms with van der Waals surface area (Å²) in [6.45, 7) is 0. The highest BCUT2D eigenvalue weighted by Crippen LogP contribution is 2.70. The van der Waals surface area contributed by atoms with Gasteiger partial charge in [-0.25, -0.2) is 4.39 Å². The molecular formula is C49H29FN2. The number of hydrogen-bond donors (Lipinski definition) is 0. The summed E-state index contributed by atoms with van der Waals surface area (Å²) in [5.74, 6) is -0.239. The van der Waals surface area contributed by atoms with E-state index in [1.165, 1.54) is 67.8 Å². The number of para-hydroxylation sites is 2. The lowest BCUT2D eigenvalue weighted by molar-refractivity contribution is 0.627. The Kier molecular flexibility index (Phi) is 5.37. The molecule has 2 nitrogen and oxygen atoms in total. The zero-order chi connectivity index (χ0) is 34.1. The van der Waals surface area contributed by atoms with Crippen LogP contribution in [0.1, 0.15) is 22.3 Å². The molecule has 1 spiro atoms. The molecule has 0 saturated heterocycles. The van der Waals surface area contributed by atoms with Crippen molar-refractivity contribution in [2.45, 2.75) is 5.41 Å². The second kappa shape index (κ2) is 9.96. The van der Waals surface area contributed by atoms with E-state index >= 15 is 0 Å². The van der Waals surface area contributed by atoms with Gasteiger partial charge >= 0.3 is 0 Å². The Morgan fingerprint density at radius 1 is 0.404 bits per heavy atom. The van der Waals surface area contributed by atoms with Crippen molar-refractivity contribution in [1.82, 2.24) is 4.57 Å². The van der Waals surface area contributed by atoms with E-state index in [2.05, 4.69) is 161 Å². The third-order valence-electron chi connectivity index (χ3n) is 11.8. The zero-order valence-electron chi connectivity index (χ0n) is 28.0. The fourth-order valence-electron chi connectivity index (χ4n) is 9.87. The lowest BCUT2D eigenvalue weighted by Gasteiger charge is -2.30. The molecule has 3 aliphatic carbocycles. The smallest absolute Gasteiger partial charge is 0.123 e. The Hall–Kier alpha value is -6.71. The monoisotopic (exact) mass is 664 g/mol. The number of anilines is 3. The second-order valence-electron chi connectivity index (χ2n) is 14.2. The first-order valence-corrected chi connectivity index (χ1v) is 17.9. The number of halogens is 1. The van der Waals surface area contributed by atoms with E-state index in [-0.39, 0.29) is 11.2 Å². The summed E-state index contributed by atoms with van der Waals surface area (Å²) in [7, 11) is 0. The van der Waals surface area contributed by atoms with Crippen molar-refractivity contribution >= 4 is 38.9 Å². The van der Waals surface area contributed by atoms with E-state index in [4.69, 9.17) is 0 Å². The summed E-state index contributed by atoms with van der Waals surface area (Å²) in [5, 5.41) is 2.31. The van der Waals surface area contributed by atoms with Crippen molar-refractivity contribution in [3.63, 3.8) is 0 Å². The van der Waals surface area contributed by atoms with E-state index in [0.717, 1.165) is 44.6 Å². The first kappa shape index (κ1) is 28.0. The van der Waals surface area contributed by atoms with Gasteiger partial charge in [0.25, 0.3) is 0 Å². The van der Waals surface area contributed by atoms with Crippen LogP contribution in [0.4, 0.5) is 21.5 Å². The SMILES string of the molecule is Fc1ccc(-n2c3ccccc3c3cc(N(c4ccccc4)c4ccc5c(c4)C46c7ccccc7-c7cccc(c74)-c4cccc-5c46)ccc32)cc1. The quantitative estimate of drug-likeness (QED) is 0.182. The summed E-state index contributed by atoms with van der Waals surface area (Å²) in [4.78, 5) is 2.40.